The van der Waals surface area contributed by atoms with Crippen molar-refractivity contribution in [3.05, 3.63) is 60.8 Å². The summed E-state index contributed by atoms with van der Waals surface area (Å²) >= 11 is 0. The third-order valence-electron chi connectivity index (χ3n) is 4.79. The maximum Gasteiger partial charge on any atom is 0.249 e. The minimum Gasteiger partial charge on any atom is -0.455 e. The van der Waals surface area contributed by atoms with E-state index in [1.807, 2.05) is 54.6 Å². The van der Waals surface area contributed by atoms with Gasteiger partial charge < -0.3 is 19.9 Å². The van der Waals surface area contributed by atoms with Crippen molar-refractivity contribution >= 4 is 17.5 Å². The van der Waals surface area contributed by atoms with Gasteiger partial charge in [0.1, 0.15) is 5.75 Å². The Morgan fingerprint density at radius 1 is 0.964 bits per heavy atom. The van der Waals surface area contributed by atoms with E-state index in [4.69, 9.17) is 4.74 Å². The number of benzene rings is 2. The lowest BCUT2D eigenvalue weighted by Crippen LogP contribution is -2.46. The average molecular weight is 376 g/mol. The molecule has 1 fully saturated rings. The quantitative estimate of drug-likeness (QED) is 0.706. The summed E-state index contributed by atoms with van der Waals surface area (Å²) in [4.78, 5) is 9.34. The molecule has 0 amide bonds. The number of aromatic nitrogens is 3. The van der Waals surface area contributed by atoms with Crippen LogP contribution in [0.3, 0.4) is 0 Å². The first kappa shape index (κ1) is 18.2. The highest BCUT2D eigenvalue weighted by molar-refractivity contribution is 5.63. The summed E-state index contributed by atoms with van der Waals surface area (Å²) in [5.41, 5.74) is 0.793. The van der Waals surface area contributed by atoms with Gasteiger partial charge in [-0.25, -0.2) is 0 Å². The van der Waals surface area contributed by atoms with Crippen LogP contribution < -0.4 is 15.0 Å². The van der Waals surface area contributed by atoms with Crippen molar-refractivity contribution in [2.24, 2.45) is 0 Å². The van der Waals surface area contributed by atoms with Crippen molar-refractivity contribution < 1.29 is 4.74 Å². The second-order valence-corrected chi connectivity index (χ2v) is 6.60. The Kier molecular flexibility index (Phi) is 5.63. The minimum absolute atomic E-state index is 0.458. The normalized spacial score (nSPS) is 14.7. The number of para-hydroxylation sites is 3. The smallest absolute Gasteiger partial charge is 0.249 e. The molecule has 1 aromatic heterocycles. The molecule has 3 aromatic rings. The van der Waals surface area contributed by atoms with E-state index in [9.17, 15) is 0 Å². The second kappa shape index (κ2) is 8.67. The van der Waals surface area contributed by atoms with Gasteiger partial charge in [-0.1, -0.05) is 37.3 Å². The van der Waals surface area contributed by atoms with E-state index in [1.165, 1.54) is 0 Å². The molecule has 144 valence electrons. The molecule has 2 heterocycles. The largest absolute Gasteiger partial charge is 0.455 e. The first-order valence-electron chi connectivity index (χ1n) is 9.58. The predicted molar refractivity (Wildman–Crippen MR) is 110 cm³/mol. The van der Waals surface area contributed by atoms with Gasteiger partial charge in [0.2, 0.25) is 5.95 Å². The zero-order chi connectivity index (χ0) is 19.2. The zero-order valence-corrected chi connectivity index (χ0v) is 16.0. The fraction of sp³-hybridized carbons (Fsp3) is 0.286. The Bertz CT molecular complexity index is 896. The lowest BCUT2D eigenvalue weighted by molar-refractivity contribution is 0.270. The van der Waals surface area contributed by atoms with Crippen LogP contribution in [0.2, 0.25) is 0 Å². The highest BCUT2D eigenvalue weighted by atomic mass is 16.5. The molecule has 7 heteroatoms. The Hall–Kier alpha value is -3.19. The van der Waals surface area contributed by atoms with Gasteiger partial charge in [0.05, 0.1) is 11.9 Å². The summed E-state index contributed by atoms with van der Waals surface area (Å²) in [5.74, 6) is 2.78. The fourth-order valence-corrected chi connectivity index (χ4v) is 3.19. The molecular formula is C21H24N6O. The number of nitrogens with zero attached hydrogens (tertiary/aromatic N) is 5. The summed E-state index contributed by atoms with van der Waals surface area (Å²) in [7, 11) is 0. The second-order valence-electron chi connectivity index (χ2n) is 6.60. The van der Waals surface area contributed by atoms with Crippen molar-refractivity contribution in [2.45, 2.75) is 6.92 Å². The number of piperazine rings is 1. The summed E-state index contributed by atoms with van der Waals surface area (Å²) in [6.07, 6.45) is 1.72. The highest BCUT2D eigenvalue weighted by Crippen LogP contribution is 2.30. The minimum atomic E-state index is 0.458. The van der Waals surface area contributed by atoms with E-state index < -0.39 is 0 Å². The predicted octanol–water partition coefficient (Wildman–Crippen LogP) is 3.55. The van der Waals surface area contributed by atoms with Crippen molar-refractivity contribution in [2.75, 3.05) is 42.9 Å². The van der Waals surface area contributed by atoms with Gasteiger partial charge >= 0.3 is 0 Å². The first-order valence-corrected chi connectivity index (χ1v) is 9.58. The molecule has 0 radical (unpaired) electrons. The molecule has 1 saturated heterocycles. The zero-order valence-electron chi connectivity index (χ0n) is 16.0. The van der Waals surface area contributed by atoms with Crippen LogP contribution >= 0.6 is 0 Å². The Labute approximate surface area is 165 Å². The van der Waals surface area contributed by atoms with Gasteiger partial charge in [-0.3, -0.25) is 0 Å². The van der Waals surface area contributed by atoms with Crippen LogP contribution in [0.25, 0.3) is 0 Å². The number of rotatable bonds is 6. The number of likely N-dealkylation sites (N-methyl/N-ethyl adjacent to an activating group) is 1. The van der Waals surface area contributed by atoms with Crippen LogP contribution in [-0.4, -0.2) is 52.8 Å². The Balaban J connectivity index is 1.49. The summed E-state index contributed by atoms with van der Waals surface area (Å²) in [6, 6.07) is 17.4. The standard InChI is InChI=1S/C21H24N6O/c1-2-26-12-14-27(15-13-26)20-16-22-25-21(24-20)23-18-10-6-7-11-19(18)28-17-8-4-3-5-9-17/h3-11,16H,2,12-15H2,1H3,(H,23,24,25). The van der Waals surface area contributed by atoms with E-state index in [-0.39, 0.29) is 0 Å². The molecule has 0 saturated carbocycles. The number of anilines is 3. The van der Waals surface area contributed by atoms with Crippen LogP contribution in [0.4, 0.5) is 17.5 Å². The fourth-order valence-electron chi connectivity index (χ4n) is 3.19. The monoisotopic (exact) mass is 376 g/mol. The molecule has 0 atom stereocenters. The molecular weight excluding hydrogens is 352 g/mol. The van der Waals surface area contributed by atoms with E-state index in [2.05, 4.69) is 37.2 Å². The van der Waals surface area contributed by atoms with Crippen LogP contribution in [0.15, 0.2) is 60.8 Å². The molecule has 2 aromatic carbocycles. The molecule has 7 nitrogen and oxygen atoms in total. The molecule has 0 unspecified atom stereocenters. The molecule has 1 aliphatic heterocycles. The number of hydrogen-bond acceptors (Lipinski definition) is 7. The van der Waals surface area contributed by atoms with Crippen LogP contribution in [0, 0.1) is 0 Å². The van der Waals surface area contributed by atoms with Gasteiger partial charge in [-0.05, 0) is 30.8 Å². The van der Waals surface area contributed by atoms with Crippen LogP contribution in [0.1, 0.15) is 6.92 Å². The third kappa shape index (κ3) is 4.37. The topological polar surface area (TPSA) is 66.4 Å². The first-order chi connectivity index (χ1) is 13.8. The molecule has 1 aliphatic rings. The van der Waals surface area contributed by atoms with Gasteiger partial charge in [0.25, 0.3) is 0 Å². The highest BCUT2D eigenvalue weighted by Gasteiger charge is 2.18. The van der Waals surface area contributed by atoms with Gasteiger partial charge in [0.15, 0.2) is 11.6 Å². The van der Waals surface area contributed by atoms with Crippen LogP contribution in [0.5, 0.6) is 11.5 Å². The molecule has 0 bridgehead atoms. The van der Waals surface area contributed by atoms with Gasteiger partial charge in [-0.2, -0.15) is 10.1 Å². The van der Waals surface area contributed by atoms with Crippen LogP contribution in [-0.2, 0) is 0 Å². The van der Waals surface area contributed by atoms with Gasteiger partial charge in [-0.15, -0.1) is 5.10 Å². The summed E-state index contributed by atoms with van der Waals surface area (Å²) < 4.78 is 6.00. The lowest BCUT2D eigenvalue weighted by Gasteiger charge is -2.34. The number of nitrogens with one attached hydrogen (secondary N) is 1. The molecule has 4 rings (SSSR count). The van der Waals surface area contributed by atoms with Crippen molar-refractivity contribution in [1.29, 1.82) is 0 Å². The molecule has 1 N–H and O–H groups in total. The Morgan fingerprint density at radius 2 is 1.71 bits per heavy atom. The molecule has 28 heavy (non-hydrogen) atoms. The maximum atomic E-state index is 6.00. The average Bonchev–Trinajstić information content (AvgIpc) is 2.76. The molecule has 0 spiro atoms. The van der Waals surface area contributed by atoms with Crippen molar-refractivity contribution in [3.63, 3.8) is 0 Å². The summed E-state index contributed by atoms with van der Waals surface area (Å²) in [5, 5.41) is 11.5. The lowest BCUT2D eigenvalue weighted by atomic mass is 10.3. The number of hydrogen-bond donors (Lipinski definition) is 1. The SMILES string of the molecule is CCN1CCN(c2cnnc(Nc3ccccc3Oc3ccccc3)n2)CC1. The van der Waals surface area contributed by atoms with Crippen molar-refractivity contribution in [1.82, 2.24) is 20.1 Å². The van der Waals surface area contributed by atoms with E-state index in [1.54, 1.807) is 6.20 Å². The van der Waals surface area contributed by atoms with Gasteiger partial charge in [0, 0.05) is 26.2 Å². The van der Waals surface area contributed by atoms with Crippen molar-refractivity contribution in [3.8, 4) is 11.5 Å². The van der Waals surface area contributed by atoms with E-state index in [0.29, 0.717) is 11.7 Å². The maximum absolute atomic E-state index is 6.00. The van der Waals surface area contributed by atoms with E-state index in [0.717, 1.165) is 50.0 Å². The third-order valence-corrected chi connectivity index (χ3v) is 4.79. The summed E-state index contributed by atoms with van der Waals surface area (Å²) in [6.45, 7) is 7.24. The Morgan fingerprint density at radius 3 is 2.50 bits per heavy atom. The number of ether oxygens (including phenoxy) is 1. The van der Waals surface area contributed by atoms with E-state index >= 15 is 0 Å². The molecule has 0 aliphatic carbocycles.